The molecule has 0 bridgehead atoms. The summed E-state index contributed by atoms with van der Waals surface area (Å²) in [6, 6.07) is 13.2. The first-order valence-electron chi connectivity index (χ1n) is 11.9. The van der Waals surface area contributed by atoms with E-state index < -0.39 is 18.7 Å². The van der Waals surface area contributed by atoms with E-state index in [4.69, 9.17) is 14.2 Å². The number of alkyl halides is 3. The van der Waals surface area contributed by atoms with Gasteiger partial charge in [0.05, 0.1) is 13.5 Å². The van der Waals surface area contributed by atoms with Gasteiger partial charge in [-0.05, 0) is 55.6 Å². The normalized spacial score (nSPS) is 18.3. The summed E-state index contributed by atoms with van der Waals surface area (Å²) in [5, 5.41) is 0. The fraction of sp³-hybridized carbons (Fsp3) is 0.500. The van der Waals surface area contributed by atoms with Crippen molar-refractivity contribution in [3.63, 3.8) is 0 Å². The summed E-state index contributed by atoms with van der Waals surface area (Å²) in [6.45, 7) is 0.985. The molecule has 0 spiro atoms. The molecule has 2 aliphatic rings. The van der Waals surface area contributed by atoms with E-state index in [2.05, 4.69) is 12.1 Å². The van der Waals surface area contributed by atoms with Crippen LogP contribution in [0.2, 0.25) is 0 Å². The van der Waals surface area contributed by atoms with Crippen LogP contribution in [0.15, 0.2) is 42.5 Å². The van der Waals surface area contributed by atoms with E-state index in [0.29, 0.717) is 48.4 Å². The monoisotopic (exact) mass is 492 g/mol. The summed E-state index contributed by atoms with van der Waals surface area (Å²) in [5.74, 6) is 2.17. The Hall–Kier alpha value is -2.94. The van der Waals surface area contributed by atoms with Crippen LogP contribution in [0.25, 0.3) is 0 Å². The van der Waals surface area contributed by atoms with Crippen molar-refractivity contribution in [2.45, 2.75) is 43.9 Å². The third-order valence-corrected chi connectivity index (χ3v) is 6.33. The quantitative estimate of drug-likeness (QED) is 0.441. The van der Waals surface area contributed by atoms with Gasteiger partial charge in [-0.25, -0.2) is 0 Å². The molecule has 0 unspecified atom stereocenters. The van der Waals surface area contributed by atoms with Crippen LogP contribution in [0.3, 0.4) is 0 Å². The van der Waals surface area contributed by atoms with Crippen molar-refractivity contribution < 1.29 is 32.2 Å². The van der Waals surface area contributed by atoms with Gasteiger partial charge >= 0.3 is 6.18 Å². The standard InChI is InChI=1S/C26H31F3N2O4/c1-30(14-12-26(27,28)29)15-16-34-22-10-7-20(17-24(22)33-2)31-13-11-23(25(31)32)35-21-8-5-19(6-9-21)18-3-4-18/h5-10,17-18,23H,3-4,11-16H2,1-2H3/t23-/m0/s1. The van der Waals surface area contributed by atoms with Crippen molar-refractivity contribution in [3.05, 3.63) is 48.0 Å². The molecule has 2 aromatic rings. The summed E-state index contributed by atoms with van der Waals surface area (Å²) in [5.41, 5.74) is 2.00. The molecular formula is C26H31F3N2O4. The topological polar surface area (TPSA) is 51.2 Å². The highest BCUT2D eigenvalue weighted by atomic mass is 19.4. The van der Waals surface area contributed by atoms with Gasteiger partial charge in [-0.2, -0.15) is 13.2 Å². The minimum Gasteiger partial charge on any atom is -0.493 e. The zero-order valence-corrected chi connectivity index (χ0v) is 20.0. The van der Waals surface area contributed by atoms with Crippen LogP contribution in [-0.4, -0.2) is 63.5 Å². The maximum atomic E-state index is 13.0. The molecule has 1 saturated carbocycles. The van der Waals surface area contributed by atoms with Gasteiger partial charge in [-0.1, -0.05) is 12.1 Å². The van der Waals surface area contributed by atoms with Crippen molar-refractivity contribution in [1.82, 2.24) is 4.90 Å². The highest BCUT2D eigenvalue weighted by Crippen LogP contribution is 2.40. The fourth-order valence-electron chi connectivity index (χ4n) is 4.10. The number of nitrogens with zero attached hydrogens (tertiary/aromatic N) is 2. The Balaban J connectivity index is 1.31. The molecule has 2 aromatic carbocycles. The second-order valence-corrected chi connectivity index (χ2v) is 9.08. The number of rotatable bonds is 11. The molecule has 6 nitrogen and oxygen atoms in total. The first-order chi connectivity index (χ1) is 16.7. The Kier molecular flexibility index (Phi) is 7.74. The van der Waals surface area contributed by atoms with Gasteiger partial charge in [0.1, 0.15) is 12.4 Å². The number of carbonyl (C=O) groups excluding carboxylic acids is 1. The lowest BCUT2D eigenvalue weighted by Crippen LogP contribution is -2.32. The molecule has 1 aliphatic heterocycles. The van der Waals surface area contributed by atoms with Gasteiger partial charge in [0, 0.05) is 37.8 Å². The molecule has 1 saturated heterocycles. The molecule has 9 heteroatoms. The number of benzene rings is 2. The predicted molar refractivity (Wildman–Crippen MR) is 126 cm³/mol. The Morgan fingerprint density at radius 3 is 2.43 bits per heavy atom. The molecule has 1 aliphatic carbocycles. The predicted octanol–water partition coefficient (Wildman–Crippen LogP) is 5.02. The Morgan fingerprint density at radius 1 is 1.03 bits per heavy atom. The molecule has 1 amide bonds. The Bertz CT molecular complexity index is 1010. The smallest absolute Gasteiger partial charge is 0.390 e. The molecule has 1 heterocycles. The Labute approximate surface area is 203 Å². The lowest BCUT2D eigenvalue weighted by Gasteiger charge is -2.20. The van der Waals surface area contributed by atoms with Crippen LogP contribution in [0.4, 0.5) is 18.9 Å². The first-order valence-corrected chi connectivity index (χ1v) is 11.9. The maximum Gasteiger partial charge on any atom is 0.390 e. The van der Waals surface area contributed by atoms with Gasteiger partial charge in [-0.3, -0.25) is 4.79 Å². The van der Waals surface area contributed by atoms with Gasteiger partial charge in [0.25, 0.3) is 5.91 Å². The van der Waals surface area contributed by atoms with Crippen LogP contribution in [0.5, 0.6) is 17.2 Å². The van der Waals surface area contributed by atoms with Crippen molar-refractivity contribution in [3.8, 4) is 17.2 Å². The van der Waals surface area contributed by atoms with Gasteiger partial charge in [0.2, 0.25) is 0 Å². The number of anilines is 1. The average molecular weight is 493 g/mol. The molecule has 35 heavy (non-hydrogen) atoms. The number of halogens is 3. The number of amides is 1. The molecular weight excluding hydrogens is 461 g/mol. The summed E-state index contributed by atoms with van der Waals surface area (Å²) >= 11 is 0. The molecule has 0 aromatic heterocycles. The van der Waals surface area contributed by atoms with Crippen LogP contribution >= 0.6 is 0 Å². The van der Waals surface area contributed by atoms with E-state index in [9.17, 15) is 18.0 Å². The third-order valence-electron chi connectivity index (χ3n) is 6.33. The minimum atomic E-state index is -4.17. The number of hydrogen-bond acceptors (Lipinski definition) is 5. The van der Waals surface area contributed by atoms with E-state index in [1.165, 1.54) is 25.5 Å². The van der Waals surface area contributed by atoms with E-state index >= 15 is 0 Å². The number of carbonyl (C=O) groups is 1. The molecule has 2 fully saturated rings. The van der Waals surface area contributed by atoms with Gasteiger partial charge in [0.15, 0.2) is 17.6 Å². The lowest BCUT2D eigenvalue weighted by molar-refractivity contribution is -0.137. The van der Waals surface area contributed by atoms with Crippen LogP contribution in [-0.2, 0) is 4.79 Å². The van der Waals surface area contributed by atoms with Gasteiger partial charge < -0.3 is 24.0 Å². The lowest BCUT2D eigenvalue weighted by atomic mass is 10.1. The number of likely N-dealkylation sites (N-methyl/N-ethyl adjacent to an activating group) is 1. The van der Waals surface area contributed by atoms with E-state index in [1.807, 2.05) is 12.1 Å². The van der Waals surface area contributed by atoms with Crippen molar-refractivity contribution >= 4 is 11.6 Å². The summed E-state index contributed by atoms with van der Waals surface area (Å²) < 4.78 is 54.2. The average Bonchev–Trinajstić information content (AvgIpc) is 3.62. The van der Waals surface area contributed by atoms with Crippen molar-refractivity contribution in [2.75, 3.05) is 45.3 Å². The zero-order chi connectivity index (χ0) is 25.0. The van der Waals surface area contributed by atoms with E-state index in [0.717, 1.165) is 0 Å². The molecule has 4 rings (SSSR count). The molecule has 190 valence electrons. The van der Waals surface area contributed by atoms with Crippen LogP contribution < -0.4 is 19.1 Å². The van der Waals surface area contributed by atoms with E-state index in [1.54, 1.807) is 35.0 Å². The largest absolute Gasteiger partial charge is 0.493 e. The van der Waals surface area contributed by atoms with Crippen molar-refractivity contribution in [2.24, 2.45) is 0 Å². The third kappa shape index (κ3) is 6.81. The zero-order valence-electron chi connectivity index (χ0n) is 20.0. The van der Waals surface area contributed by atoms with Crippen LogP contribution in [0.1, 0.15) is 37.2 Å². The minimum absolute atomic E-state index is 0.0894. The summed E-state index contributed by atoms with van der Waals surface area (Å²) in [7, 11) is 3.12. The second kappa shape index (κ2) is 10.8. The van der Waals surface area contributed by atoms with Gasteiger partial charge in [-0.15, -0.1) is 0 Å². The maximum absolute atomic E-state index is 13.0. The summed E-state index contributed by atoms with van der Waals surface area (Å²) in [4.78, 5) is 16.2. The molecule has 0 radical (unpaired) electrons. The van der Waals surface area contributed by atoms with E-state index in [-0.39, 0.29) is 19.1 Å². The SMILES string of the molecule is COc1cc(N2CC[C@H](Oc3ccc(C4CC4)cc3)C2=O)ccc1OCCN(C)CCC(F)(F)F. The summed E-state index contributed by atoms with van der Waals surface area (Å²) in [6.07, 6.45) is -2.52. The van der Waals surface area contributed by atoms with Crippen LogP contribution in [0, 0.1) is 0 Å². The highest BCUT2D eigenvalue weighted by molar-refractivity contribution is 5.99. The Morgan fingerprint density at radius 2 is 1.77 bits per heavy atom. The highest BCUT2D eigenvalue weighted by Gasteiger charge is 2.35. The number of ether oxygens (including phenoxy) is 3. The number of methoxy groups -OCH3 is 1. The number of hydrogen-bond donors (Lipinski definition) is 0. The van der Waals surface area contributed by atoms with Crippen molar-refractivity contribution in [1.29, 1.82) is 0 Å². The first kappa shape index (κ1) is 25.2. The second-order valence-electron chi connectivity index (χ2n) is 9.08. The fourth-order valence-corrected chi connectivity index (χ4v) is 4.10. The molecule has 0 N–H and O–H groups in total. The molecule has 1 atom stereocenters.